The predicted octanol–water partition coefficient (Wildman–Crippen LogP) is 2.87. The van der Waals surface area contributed by atoms with E-state index in [4.69, 9.17) is 0 Å². The van der Waals surface area contributed by atoms with Crippen LogP contribution in [0.1, 0.15) is 58.3 Å². The van der Waals surface area contributed by atoms with E-state index in [9.17, 15) is 5.11 Å². The highest BCUT2D eigenvalue weighted by atomic mass is 16.3. The fraction of sp³-hybridized carbons (Fsp3) is 1.00. The molecule has 1 heteroatoms. The molecule has 2 aliphatic rings. The van der Waals surface area contributed by atoms with Crippen molar-refractivity contribution in [1.82, 2.24) is 0 Å². The van der Waals surface area contributed by atoms with Crippen molar-refractivity contribution in [1.29, 1.82) is 0 Å². The first-order chi connectivity index (χ1) is 5.62. The van der Waals surface area contributed by atoms with Crippen LogP contribution in [0.4, 0.5) is 0 Å². The summed E-state index contributed by atoms with van der Waals surface area (Å²) in [5, 5.41) is 10.0. The van der Waals surface area contributed by atoms with Crippen LogP contribution >= 0.6 is 0 Å². The van der Waals surface area contributed by atoms with Gasteiger partial charge >= 0.3 is 0 Å². The van der Waals surface area contributed by atoms with Gasteiger partial charge < -0.3 is 5.11 Å². The van der Waals surface area contributed by atoms with Crippen LogP contribution in [0.5, 0.6) is 0 Å². The molecule has 12 heavy (non-hydrogen) atoms. The summed E-state index contributed by atoms with van der Waals surface area (Å²) in [6.45, 7) is 2.02. The fourth-order valence-electron chi connectivity index (χ4n) is 3.38. The van der Waals surface area contributed by atoms with Gasteiger partial charge in [-0.05, 0) is 44.4 Å². The van der Waals surface area contributed by atoms with E-state index in [1.807, 2.05) is 6.92 Å². The van der Waals surface area contributed by atoms with Gasteiger partial charge in [-0.15, -0.1) is 0 Å². The molecule has 0 bridgehead atoms. The van der Waals surface area contributed by atoms with E-state index in [0.29, 0.717) is 5.41 Å². The molecular formula is C11H20O. The molecule has 0 aromatic rings. The maximum atomic E-state index is 10.0. The van der Waals surface area contributed by atoms with Crippen molar-refractivity contribution in [2.45, 2.75) is 63.9 Å². The monoisotopic (exact) mass is 168 g/mol. The van der Waals surface area contributed by atoms with Gasteiger partial charge in [0.1, 0.15) is 0 Å². The molecule has 2 rings (SSSR count). The minimum Gasteiger partial charge on any atom is -0.390 e. The summed E-state index contributed by atoms with van der Waals surface area (Å²) in [4.78, 5) is 0. The molecule has 1 spiro atoms. The molecule has 0 heterocycles. The van der Waals surface area contributed by atoms with Gasteiger partial charge in [0.25, 0.3) is 0 Å². The Kier molecular flexibility index (Phi) is 1.95. The highest BCUT2D eigenvalue weighted by Crippen LogP contribution is 2.51. The lowest BCUT2D eigenvalue weighted by Gasteiger charge is -2.41. The van der Waals surface area contributed by atoms with E-state index in [1.54, 1.807) is 0 Å². The topological polar surface area (TPSA) is 20.2 Å². The lowest BCUT2D eigenvalue weighted by Crippen LogP contribution is -2.37. The summed E-state index contributed by atoms with van der Waals surface area (Å²) in [6.07, 6.45) is 10.3. The summed E-state index contributed by atoms with van der Waals surface area (Å²) in [7, 11) is 0. The Morgan fingerprint density at radius 2 is 1.50 bits per heavy atom. The van der Waals surface area contributed by atoms with Crippen LogP contribution in [0.2, 0.25) is 0 Å². The number of aliphatic hydroxyl groups is 1. The fourth-order valence-corrected chi connectivity index (χ4v) is 3.38. The maximum Gasteiger partial charge on any atom is 0.0625 e. The smallest absolute Gasteiger partial charge is 0.0625 e. The molecule has 70 valence electrons. The zero-order valence-corrected chi connectivity index (χ0v) is 8.10. The van der Waals surface area contributed by atoms with Crippen molar-refractivity contribution in [2.24, 2.45) is 5.41 Å². The molecule has 0 aromatic heterocycles. The van der Waals surface area contributed by atoms with E-state index in [-0.39, 0.29) is 5.60 Å². The molecule has 0 unspecified atom stereocenters. The van der Waals surface area contributed by atoms with Gasteiger partial charge in [-0.2, -0.15) is 0 Å². The predicted molar refractivity (Wildman–Crippen MR) is 50.0 cm³/mol. The molecule has 2 fully saturated rings. The third kappa shape index (κ3) is 1.52. The summed E-state index contributed by atoms with van der Waals surface area (Å²) in [5.74, 6) is 0. The van der Waals surface area contributed by atoms with Crippen LogP contribution in [0.25, 0.3) is 0 Å². The van der Waals surface area contributed by atoms with Crippen LogP contribution in [-0.2, 0) is 0 Å². The number of hydrogen-bond donors (Lipinski definition) is 1. The summed E-state index contributed by atoms with van der Waals surface area (Å²) >= 11 is 0. The quantitative estimate of drug-likeness (QED) is 0.589. The Morgan fingerprint density at radius 3 is 2.08 bits per heavy atom. The average molecular weight is 168 g/mol. The number of rotatable bonds is 0. The lowest BCUT2D eigenvalue weighted by molar-refractivity contribution is -0.0334. The lowest BCUT2D eigenvalue weighted by atomic mass is 9.67. The second-order valence-electron chi connectivity index (χ2n) is 5.23. The average Bonchev–Trinajstić information content (AvgIpc) is 2.34. The molecule has 0 radical (unpaired) electrons. The molecule has 1 nitrogen and oxygen atoms in total. The normalized spacial score (nSPS) is 40.5. The standard InChI is InChI=1S/C11H20O/c1-10(12)5-4-8-11(9-10)6-2-3-7-11/h12H,2-9H2,1H3/t10-/m0/s1. The van der Waals surface area contributed by atoms with Crippen LogP contribution in [0, 0.1) is 5.41 Å². The van der Waals surface area contributed by atoms with E-state index in [1.165, 1.54) is 38.5 Å². The Labute approximate surface area is 75.2 Å². The van der Waals surface area contributed by atoms with E-state index in [2.05, 4.69) is 0 Å². The summed E-state index contributed by atoms with van der Waals surface area (Å²) in [5.41, 5.74) is 0.213. The molecule has 1 N–H and O–H groups in total. The van der Waals surface area contributed by atoms with Gasteiger partial charge in [-0.1, -0.05) is 19.3 Å². The van der Waals surface area contributed by atoms with Gasteiger partial charge in [-0.25, -0.2) is 0 Å². The molecular weight excluding hydrogens is 148 g/mol. The third-order valence-electron chi connectivity index (χ3n) is 3.84. The molecule has 0 aliphatic heterocycles. The van der Waals surface area contributed by atoms with E-state index >= 15 is 0 Å². The van der Waals surface area contributed by atoms with Crippen LogP contribution in [0.15, 0.2) is 0 Å². The number of hydrogen-bond acceptors (Lipinski definition) is 1. The highest BCUT2D eigenvalue weighted by molar-refractivity contribution is 4.94. The minimum absolute atomic E-state index is 0.345. The maximum absolute atomic E-state index is 10.0. The van der Waals surface area contributed by atoms with Crippen molar-refractivity contribution < 1.29 is 5.11 Å². The van der Waals surface area contributed by atoms with Crippen molar-refractivity contribution >= 4 is 0 Å². The van der Waals surface area contributed by atoms with Crippen LogP contribution in [-0.4, -0.2) is 10.7 Å². The zero-order valence-electron chi connectivity index (χ0n) is 8.10. The second-order valence-corrected chi connectivity index (χ2v) is 5.23. The summed E-state index contributed by atoms with van der Waals surface area (Å²) < 4.78 is 0. The van der Waals surface area contributed by atoms with Gasteiger partial charge in [-0.3, -0.25) is 0 Å². The molecule has 0 amide bonds. The largest absolute Gasteiger partial charge is 0.390 e. The first-order valence-corrected chi connectivity index (χ1v) is 5.34. The summed E-state index contributed by atoms with van der Waals surface area (Å²) in [6, 6.07) is 0. The van der Waals surface area contributed by atoms with Gasteiger partial charge in [0.05, 0.1) is 5.60 Å². The molecule has 0 saturated heterocycles. The second kappa shape index (κ2) is 2.73. The van der Waals surface area contributed by atoms with Crippen LogP contribution in [0.3, 0.4) is 0 Å². The van der Waals surface area contributed by atoms with Crippen molar-refractivity contribution in [3.63, 3.8) is 0 Å². The molecule has 2 aliphatic carbocycles. The van der Waals surface area contributed by atoms with Crippen molar-refractivity contribution in [3.8, 4) is 0 Å². The van der Waals surface area contributed by atoms with E-state index < -0.39 is 0 Å². The van der Waals surface area contributed by atoms with Gasteiger partial charge in [0.15, 0.2) is 0 Å². The molecule has 2 saturated carbocycles. The van der Waals surface area contributed by atoms with Crippen LogP contribution < -0.4 is 0 Å². The third-order valence-corrected chi connectivity index (χ3v) is 3.84. The molecule has 1 atom stereocenters. The first kappa shape index (κ1) is 8.55. The molecule has 0 aromatic carbocycles. The first-order valence-electron chi connectivity index (χ1n) is 5.34. The van der Waals surface area contributed by atoms with Crippen molar-refractivity contribution in [2.75, 3.05) is 0 Å². The van der Waals surface area contributed by atoms with E-state index in [0.717, 1.165) is 12.8 Å². The Bertz CT molecular complexity index is 166. The van der Waals surface area contributed by atoms with Gasteiger partial charge in [0.2, 0.25) is 0 Å². The highest BCUT2D eigenvalue weighted by Gasteiger charge is 2.42. The Morgan fingerprint density at radius 1 is 0.917 bits per heavy atom. The Hall–Kier alpha value is -0.0400. The minimum atomic E-state index is -0.345. The Balaban J connectivity index is 2.07. The van der Waals surface area contributed by atoms with Gasteiger partial charge in [0, 0.05) is 0 Å². The van der Waals surface area contributed by atoms with Crippen molar-refractivity contribution in [3.05, 3.63) is 0 Å². The zero-order chi connectivity index (χ0) is 8.66. The SMILES string of the molecule is C[C@]1(O)CCCC2(CCCC2)C1.